The molecule has 1 aromatic heterocycles. The maximum Gasteiger partial charge on any atom is 0.490 e. The molecule has 1 unspecified atom stereocenters. The van der Waals surface area contributed by atoms with Crippen LogP contribution in [0.5, 0.6) is 0 Å². The summed E-state index contributed by atoms with van der Waals surface area (Å²) in [7, 11) is -4.41. The average Bonchev–Trinajstić information content (AvgIpc) is 3.32. The number of halogens is 5. The summed E-state index contributed by atoms with van der Waals surface area (Å²) in [5, 5.41) is 14.7. The summed E-state index contributed by atoms with van der Waals surface area (Å²) < 4.78 is 87.3. The second-order valence-corrected chi connectivity index (χ2v) is 8.63. The number of benzene rings is 1. The number of hydrogen-bond acceptors (Lipinski definition) is 7. The van der Waals surface area contributed by atoms with E-state index in [0.717, 1.165) is 19.0 Å². The zero-order chi connectivity index (χ0) is 23.4. The van der Waals surface area contributed by atoms with Crippen LogP contribution in [0.2, 0.25) is 0 Å². The van der Waals surface area contributed by atoms with Gasteiger partial charge in [-0.25, -0.2) is 27.0 Å². The van der Waals surface area contributed by atoms with E-state index < -0.39 is 38.7 Å². The minimum Gasteiger partial charge on any atom is -0.475 e. The fourth-order valence-electron chi connectivity index (χ4n) is 2.54. The average molecular weight is 488 g/mol. The lowest BCUT2D eigenvalue weighted by Gasteiger charge is -2.18. The molecule has 0 radical (unpaired) electrons. The van der Waals surface area contributed by atoms with Crippen molar-refractivity contribution >= 4 is 38.8 Å². The van der Waals surface area contributed by atoms with Gasteiger partial charge in [-0.05, 0) is 26.0 Å². The number of anilines is 2. The van der Waals surface area contributed by atoms with Gasteiger partial charge in [-0.1, -0.05) is 0 Å². The van der Waals surface area contributed by atoms with Gasteiger partial charge in [0.25, 0.3) is 10.0 Å². The van der Waals surface area contributed by atoms with Crippen molar-refractivity contribution in [2.45, 2.75) is 30.5 Å². The Morgan fingerprint density at radius 3 is 2.48 bits per heavy atom. The number of carboxylic acid groups (broad SMARTS) is 1. The topological polar surface area (TPSA) is 120 Å². The highest BCUT2D eigenvalue weighted by Crippen LogP contribution is 2.30. The van der Waals surface area contributed by atoms with Gasteiger partial charge in [-0.15, -0.1) is 11.3 Å². The molecule has 2 heterocycles. The lowest BCUT2D eigenvalue weighted by molar-refractivity contribution is -0.192. The van der Waals surface area contributed by atoms with E-state index in [4.69, 9.17) is 9.90 Å². The van der Waals surface area contributed by atoms with Crippen LogP contribution in [-0.2, 0) is 14.8 Å². The van der Waals surface area contributed by atoms with Crippen LogP contribution in [-0.4, -0.2) is 49.8 Å². The number of nitrogens with one attached hydrogen (secondary N) is 3. The predicted molar refractivity (Wildman–Crippen MR) is 103 cm³/mol. The van der Waals surface area contributed by atoms with Gasteiger partial charge in [0.1, 0.15) is 5.82 Å². The predicted octanol–water partition coefficient (Wildman–Crippen LogP) is 2.94. The van der Waals surface area contributed by atoms with Crippen molar-refractivity contribution in [3.8, 4) is 0 Å². The Labute approximate surface area is 177 Å². The van der Waals surface area contributed by atoms with E-state index in [1.807, 2.05) is 0 Å². The molecule has 0 bridgehead atoms. The Morgan fingerprint density at radius 2 is 2.00 bits per heavy atom. The molecule has 172 valence electrons. The van der Waals surface area contributed by atoms with Gasteiger partial charge in [0.15, 0.2) is 16.5 Å². The highest BCUT2D eigenvalue weighted by molar-refractivity contribution is 7.92. The summed E-state index contributed by atoms with van der Waals surface area (Å²) in [5.74, 6) is -4.98. The molecule has 31 heavy (non-hydrogen) atoms. The van der Waals surface area contributed by atoms with Gasteiger partial charge >= 0.3 is 12.1 Å². The maximum atomic E-state index is 14.6. The first-order valence-electron chi connectivity index (χ1n) is 8.50. The number of thiazole rings is 1. The SMILES string of the molecule is Cc1c(NC2CCNC2)cc(F)c(S(=O)(=O)Nc2cscn2)c1F.O=C(O)C(F)(F)F. The summed E-state index contributed by atoms with van der Waals surface area (Å²) in [6, 6.07) is 1.07. The third-order valence-electron chi connectivity index (χ3n) is 4.02. The number of hydrogen-bond donors (Lipinski definition) is 4. The first kappa shape index (κ1) is 24.7. The number of aromatic nitrogens is 1. The Bertz CT molecular complexity index is 1020. The Balaban J connectivity index is 0.000000423. The minimum absolute atomic E-state index is 0.0238. The van der Waals surface area contributed by atoms with Crippen LogP contribution < -0.4 is 15.4 Å². The molecule has 1 fully saturated rings. The third kappa shape index (κ3) is 6.48. The molecule has 3 rings (SSSR count). The first-order valence-corrected chi connectivity index (χ1v) is 10.9. The second kappa shape index (κ2) is 9.74. The van der Waals surface area contributed by atoms with E-state index >= 15 is 0 Å². The van der Waals surface area contributed by atoms with E-state index in [0.29, 0.717) is 6.54 Å². The highest BCUT2D eigenvalue weighted by atomic mass is 32.2. The van der Waals surface area contributed by atoms with Crippen LogP contribution in [0.1, 0.15) is 12.0 Å². The molecule has 2 aromatic rings. The second-order valence-electron chi connectivity index (χ2n) is 6.29. The molecular formula is C16H17F5N4O4S2. The monoisotopic (exact) mass is 488 g/mol. The highest BCUT2D eigenvalue weighted by Gasteiger charge is 2.38. The largest absolute Gasteiger partial charge is 0.490 e. The standard InChI is InChI=1S/C14H16F2N4O2S2.C2HF3O2/c1-8-11(19-9-2-3-17-5-9)4-10(15)14(13(8)16)24(21,22)20-12-6-23-7-18-12;3-2(4,5)1(6)7/h4,6-7,9,17,19-20H,2-3,5H2,1H3;(H,6,7). The van der Waals surface area contributed by atoms with Crippen molar-refractivity contribution in [3.63, 3.8) is 0 Å². The van der Waals surface area contributed by atoms with E-state index in [-0.39, 0.29) is 23.1 Å². The number of sulfonamides is 1. The maximum absolute atomic E-state index is 14.6. The molecular weight excluding hydrogens is 471 g/mol. The molecule has 0 amide bonds. The van der Waals surface area contributed by atoms with Gasteiger partial charge in [-0.3, -0.25) is 4.72 Å². The third-order valence-corrected chi connectivity index (χ3v) is 6.00. The molecule has 4 N–H and O–H groups in total. The quantitative estimate of drug-likeness (QED) is 0.478. The van der Waals surface area contributed by atoms with E-state index in [1.165, 1.54) is 29.2 Å². The van der Waals surface area contributed by atoms with Gasteiger partial charge < -0.3 is 15.7 Å². The number of nitrogens with zero attached hydrogens (tertiary/aromatic N) is 1. The summed E-state index contributed by atoms with van der Waals surface area (Å²) in [4.78, 5) is 11.7. The van der Waals surface area contributed by atoms with Crippen molar-refractivity contribution in [3.05, 3.63) is 34.2 Å². The fourth-order valence-corrected chi connectivity index (χ4v) is 4.29. The Hall–Kier alpha value is -2.52. The number of rotatable bonds is 5. The molecule has 1 aromatic carbocycles. The summed E-state index contributed by atoms with van der Waals surface area (Å²) in [6.07, 6.45) is -4.26. The van der Waals surface area contributed by atoms with Crippen LogP contribution in [0.4, 0.5) is 33.5 Å². The van der Waals surface area contributed by atoms with Gasteiger partial charge in [-0.2, -0.15) is 13.2 Å². The number of carboxylic acids is 1. The fraction of sp³-hybridized carbons (Fsp3) is 0.375. The van der Waals surface area contributed by atoms with E-state index in [1.54, 1.807) is 0 Å². The van der Waals surface area contributed by atoms with Gasteiger partial charge in [0.2, 0.25) is 0 Å². The zero-order valence-corrected chi connectivity index (χ0v) is 17.4. The summed E-state index contributed by atoms with van der Waals surface area (Å²) in [6.45, 7) is 2.93. The summed E-state index contributed by atoms with van der Waals surface area (Å²) in [5.41, 5.74) is 1.73. The molecule has 0 spiro atoms. The molecule has 15 heteroatoms. The van der Waals surface area contributed by atoms with Crippen LogP contribution in [0.3, 0.4) is 0 Å². The van der Waals surface area contributed by atoms with Crippen LogP contribution in [0, 0.1) is 18.6 Å². The minimum atomic E-state index is -5.08. The number of aliphatic carboxylic acids is 1. The number of alkyl halides is 3. The lowest BCUT2D eigenvalue weighted by atomic mass is 10.1. The zero-order valence-electron chi connectivity index (χ0n) is 15.8. The molecule has 0 saturated carbocycles. The normalized spacial score (nSPS) is 16.4. The van der Waals surface area contributed by atoms with Crippen molar-refractivity contribution in [2.24, 2.45) is 0 Å². The van der Waals surface area contributed by atoms with Crippen molar-refractivity contribution in [2.75, 3.05) is 23.1 Å². The van der Waals surface area contributed by atoms with Crippen LogP contribution in [0.25, 0.3) is 0 Å². The van der Waals surface area contributed by atoms with E-state index in [9.17, 15) is 30.4 Å². The molecule has 1 atom stereocenters. The van der Waals surface area contributed by atoms with Gasteiger partial charge in [0.05, 0.1) is 5.51 Å². The molecule has 0 aliphatic carbocycles. The lowest BCUT2D eigenvalue weighted by Crippen LogP contribution is -2.24. The Morgan fingerprint density at radius 1 is 1.35 bits per heavy atom. The molecule has 1 aliphatic rings. The molecule has 1 saturated heterocycles. The van der Waals surface area contributed by atoms with Crippen molar-refractivity contribution in [1.82, 2.24) is 10.3 Å². The van der Waals surface area contributed by atoms with E-state index in [2.05, 4.69) is 20.3 Å². The van der Waals surface area contributed by atoms with Crippen molar-refractivity contribution < 1.29 is 40.3 Å². The van der Waals surface area contributed by atoms with Crippen LogP contribution >= 0.6 is 11.3 Å². The first-order chi connectivity index (χ1) is 14.3. The van der Waals surface area contributed by atoms with Crippen LogP contribution in [0.15, 0.2) is 21.9 Å². The summed E-state index contributed by atoms with van der Waals surface area (Å²) >= 11 is 1.17. The molecule has 1 aliphatic heterocycles. The van der Waals surface area contributed by atoms with Crippen molar-refractivity contribution in [1.29, 1.82) is 0 Å². The van der Waals surface area contributed by atoms with Gasteiger partial charge in [0, 0.05) is 29.2 Å². The number of carbonyl (C=O) groups is 1. The Kier molecular flexibility index (Phi) is 7.77. The molecule has 8 nitrogen and oxygen atoms in total. The smallest absolute Gasteiger partial charge is 0.475 e.